The van der Waals surface area contributed by atoms with Crippen molar-refractivity contribution in [3.63, 3.8) is 0 Å². The molecule has 2 aromatic carbocycles. The van der Waals surface area contributed by atoms with Gasteiger partial charge in [0.15, 0.2) is 0 Å². The van der Waals surface area contributed by atoms with E-state index in [0.717, 1.165) is 26.4 Å². The van der Waals surface area contributed by atoms with E-state index in [-0.39, 0.29) is 18.3 Å². The van der Waals surface area contributed by atoms with Crippen LogP contribution in [-0.2, 0) is 13.6 Å². The molecule has 4 rings (SSSR count). The van der Waals surface area contributed by atoms with Gasteiger partial charge in [-0.25, -0.2) is 4.39 Å². The van der Waals surface area contributed by atoms with Crippen molar-refractivity contribution >= 4 is 28.6 Å². The third-order valence-electron chi connectivity index (χ3n) is 4.76. The van der Waals surface area contributed by atoms with Crippen LogP contribution in [0.25, 0.3) is 10.9 Å². The summed E-state index contributed by atoms with van der Waals surface area (Å²) in [5.74, 6) is -0.553. The molecule has 0 bridgehead atoms. The largest absolute Gasteiger partial charge is 0.347 e. The van der Waals surface area contributed by atoms with Gasteiger partial charge in [-0.3, -0.25) is 9.89 Å². The van der Waals surface area contributed by atoms with Crippen molar-refractivity contribution in [1.29, 1.82) is 0 Å². The van der Waals surface area contributed by atoms with Crippen molar-refractivity contribution in [2.75, 3.05) is 0 Å². The maximum absolute atomic E-state index is 13.8. The summed E-state index contributed by atoms with van der Waals surface area (Å²) in [6.45, 7) is 2.13. The maximum atomic E-state index is 13.8. The number of fused-ring (bicyclic) bond motifs is 1. The van der Waals surface area contributed by atoms with Gasteiger partial charge in [0.05, 0.1) is 11.7 Å². The number of H-pyrrole nitrogens is 1. The molecule has 7 heteroatoms. The first-order valence-electron chi connectivity index (χ1n) is 8.82. The van der Waals surface area contributed by atoms with Gasteiger partial charge in [-0.1, -0.05) is 30.0 Å². The van der Waals surface area contributed by atoms with Gasteiger partial charge in [0, 0.05) is 40.0 Å². The smallest absolute Gasteiger partial charge is 0.268 e. The molecule has 0 aliphatic heterocycles. The third-order valence-corrected chi connectivity index (χ3v) is 5.88. The average Bonchev–Trinajstić information content (AvgIpc) is 3.27. The van der Waals surface area contributed by atoms with Gasteiger partial charge in [-0.2, -0.15) is 5.10 Å². The molecule has 0 radical (unpaired) electrons. The predicted molar refractivity (Wildman–Crippen MR) is 108 cm³/mol. The van der Waals surface area contributed by atoms with Gasteiger partial charge in [0.25, 0.3) is 5.91 Å². The Balaban J connectivity index is 1.52. The van der Waals surface area contributed by atoms with Gasteiger partial charge in [-0.05, 0) is 37.3 Å². The molecule has 28 heavy (non-hydrogen) atoms. The van der Waals surface area contributed by atoms with Crippen LogP contribution in [0.2, 0.25) is 0 Å². The summed E-state index contributed by atoms with van der Waals surface area (Å²) < 4.78 is 15.6. The van der Waals surface area contributed by atoms with Crippen LogP contribution in [0.4, 0.5) is 4.39 Å². The van der Waals surface area contributed by atoms with Crippen LogP contribution in [0.3, 0.4) is 0 Å². The highest BCUT2D eigenvalue weighted by atomic mass is 32.2. The molecule has 5 nitrogen and oxygen atoms in total. The number of amides is 1. The van der Waals surface area contributed by atoms with E-state index in [0.29, 0.717) is 11.3 Å². The quantitative estimate of drug-likeness (QED) is 0.526. The van der Waals surface area contributed by atoms with Crippen molar-refractivity contribution < 1.29 is 9.18 Å². The van der Waals surface area contributed by atoms with E-state index in [1.807, 2.05) is 36.7 Å². The fraction of sp³-hybridized carbons (Fsp3) is 0.143. The molecule has 1 amide bonds. The van der Waals surface area contributed by atoms with E-state index in [1.54, 1.807) is 36.2 Å². The fourth-order valence-corrected chi connectivity index (χ4v) is 4.04. The molecule has 142 valence electrons. The molecule has 0 saturated carbocycles. The van der Waals surface area contributed by atoms with Crippen LogP contribution in [0.15, 0.2) is 64.5 Å². The standard InChI is InChI=1S/C21H19FN4OS/c1-13-20(28-16-7-8-18-15(9-16)12-24-25-18)10-19(26(13)2)21(27)23-11-14-5-3-4-6-17(14)22/h3-10,12H,11H2,1-2H3,(H,23,27)(H,24,25). The normalized spacial score (nSPS) is 11.1. The molecule has 4 aromatic rings. The van der Waals surface area contributed by atoms with Crippen molar-refractivity contribution in [2.45, 2.75) is 23.3 Å². The second-order valence-electron chi connectivity index (χ2n) is 6.53. The van der Waals surface area contributed by atoms with E-state index < -0.39 is 0 Å². The Hall–Kier alpha value is -3.06. The molecule has 0 saturated heterocycles. The highest BCUT2D eigenvalue weighted by molar-refractivity contribution is 7.99. The Bertz CT molecular complexity index is 1160. The second-order valence-corrected chi connectivity index (χ2v) is 7.65. The summed E-state index contributed by atoms with van der Waals surface area (Å²) in [5, 5.41) is 10.8. The fourth-order valence-electron chi connectivity index (χ4n) is 3.01. The van der Waals surface area contributed by atoms with Crippen molar-refractivity contribution in [3.05, 3.63) is 77.5 Å². The number of carbonyl (C=O) groups is 1. The number of benzene rings is 2. The Kier molecular flexibility index (Phi) is 4.92. The molecule has 0 fully saturated rings. The number of aromatic nitrogens is 3. The molecule has 0 spiro atoms. The Labute approximate surface area is 166 Å². The van der Waals surface area contributed by atoms with Crippen molar-refractivity contribution in [1.82, 2.24) is 20.1 Å². The summed E-state index contributed by atoms with van der Waals surface area (Å²) >= 11 is 1.60. The zero-order valence-corrected chi connectivity index (χ0v) is 16.3. The molecule has 0 atom stereocenters. The minimum Gasteiger partial charge on any atom is -0.347 e. The number of hydrogen-bond donors (Lipinski definition) is 2. The van der Waals surface area contributed by atoms with Gasteiger partial charge in [0.2, 0.25) is 0 Å². The SMILES string of the molecule is Cc1c(Sc2ccc3[nH]ncc3c2)cc(C(=O)NCc2ccccc2F)n1C. The van der Waals surface area contributed by atoms with Crippen LogP contribution < -0.4 is 5.32 Å². The molecule has 0 aliphatic carbocycles. The first-order valence-corrected chi connectivity index (χ1v) is 9.63. The lowest BCUT2D eigenvalue weighted by atomic mass is 10.2. The first kappa shape index (κ1) is 18.3. The summed E-state index contributed by atoms with van der Waals surface area (Å²) in [5.41, 5.74) is 2.99. The number of nitrogens with zero attached hydrogens (tertiary/aromatic N) is 2. The van der Waals surface area contributed by atoms with Crippen LogP contribution in [-0.4, -0.2) is 20.7 Å². The number of halogens is 1. The van der Waals surface area contributed by atoms with Gasteiger partial charge in [0.1, 0.15) is 11.5 Å². The van der Waals surface area contributed by atoms with Crippen LogP contribution in [0.1, 0.15) is 21.7 Å². The zero-order valence-electron chi connectivity index (χ0n) is 15.5. The second kappa shape index (κ2) is 7.52. The number of carbonyl (C=O) groups excluding carboxylic acids is 1. The maximum Gasteiger partial charge on any atom is 0.268 e. The lowest BCUT2D eigenvalue weighted by molar-refractivity contribution is 0.0942. The van der Waals surface area contributed by atoms with Crippen LogP contribution in [0.5, 0.6) is 0 Å². The number of hydrogen-bond acceptors (Lipinski definition) is 3. The van der Waals surface area contributed by atoms with E-state index in [2.05, 4.69) is 21.6 Å². The van der Waals surface area contributed by atoms with Gasteiger partial charge < -0.3 is 9.88 Å². The minimum atomic E-state index is -0.322. The van der Waals surface area contributed by atoms with E-state index in [9.17, 15) is 9.18 Å². The molecule has 0 aliphatic rings. The van der Waals surface area contributed by atoms with E-state index in [1.165, 1.54) is 6.07 Å². The lowest BCUT2D eigenvalue weighted by Crippen LogP contribution is -2.25. The van der Waals surface area contributed by atoms with Crippen LogP contribution >= 0.6 is 11.8 Å². The number of rotatable bonds is 5. The topological polar surface area (TPSA) is 62.7 Å². The van der Waals surface area contributed by atoms with Crippen molar-refractivity contribution in [2.24, 2.45) is 7.05 Å². The Morgan fingerprint density at radius 3 is 2.89 bits per heavy atom. The molecule has 0 unspecified atom stereocenters. The molecule has 2 aromatic heterocycles. The summed E-state index contributed by atoms with van der Waals surface area (Å²) in [4.78, 5) is 14.7. The van der Waals surface area contributed by atoms with Crippen molar-refractivity contribution in [3.8, 4) is 0 Å². The highest BCUT2D eigenvalue weighted by Crippen LogP contribution is 2.33. The monoisotopic (exact) mass is 394 g/mol. The minimum absolute atomic E-state index is 0.148. The number of nitrogens with one attached hydrogen (secondary N) is 2. The summed E-state index contributed by atoms with van der Waals surface area (Å²) in [6.07, 6.45) is 1.79. The molecular weight excluding hydrogens is 375 g/mol. The molecular formula is C21H19FN4OS. The van der Waals surface area contributed by atoms with Gasteiger partial charge in [-0.15, -0.1) is 0 Å². The number of aromatic amines is 1. The Morgan fingerprint density at radius 2 is 2.07 bits per heavy atom. The van der Waals surface area contributed by atoms with E-state index >= 15 is 0 Å². The zero-order chi connectivity index (χ0) is 19.7. The van der Waals surface area contributed by atoms with Gasteiger partial charge >= 0.3 is 0 Å². The summed E-state index contributed by atoms with van der Waals surface area (Å²) in [6, 6.07) is 14.4. The summed E-state index contributed by atoms with van der Waals surface area (Å²) in [7, 11) is 1.86. The Morgan fingerprint density at radius 1 is 1.25 bits per heavy atom. The average molecular weight is 394 g/mol. The lowest BCUT2D eigenvalue weighted by Gasteiger charge is -2.07. The van der Waals surface area contributed by atoms with Crippen LogP contribution in [0, 0.1) is 12.7 Å². The third kappa shape index (κ3) is 3.53. The predicted octanol–water partition coefficient (Wildman–Crippen LogP) is 4.43. The molecule has 2 heterocycles. The first-order chi connectivity index (χ1) is 13.5. The molecule has 2 N–H and O–H groups in total. The van der Waals surface area contributed by atoms with E-state index in [4.69, 9.17) is 0 Å². The highest BCUT2D eigenvalue weighted by Gasteiger charge is 2.17.